The molecule has 0 unspecified atom stereocenters. The predicted molar refractivity (Wildman–Crippen MR) is 92.1 cm³/mol. The lowest BCUT2D eigenvalue weighted by Gasteiger charge is -2.40. The molecule has 9 heteroatoms. The van der Waals surface area contributed by atoms with Crippen LogP contribution in [0.4, 0.5) is 0 Å². The van der Waals surface area contributed by atoms with Crippen molar-refractivity contribution in [2.24, 2.45) is 0 Å². The van der Waals surface area contributed by atoms with E-state index in [1.54, 1.807) is 30.5 Å². The maximum Gasteiger partial charge on any atom is 0.229 e. The molecule has 8 nitrogen and oxygen atoms in total. The van der Waals surface area contributed by atoms with Crippen LogP contribution in [0.3, 0.4) is 0 Å². The summed E-state index contributed by atoms with van der Waals surface area (Å²) in [5, 5.41) is 37.8. The lowest BCUT2D eigenvalue weighted by Crippen LogP contribution is -2.59. The first kappa shape index (κ1) is 18.2. The van der Waals surface area contributed by atoms with Gasteiger partial charge in [-0.1, -0.05) is 18.6 Å². The Morgan fingerprint density at radius 1 is 1.16 bits per heavy atom. The Hall–Kier alpha value is -1.65. The van der Waals surface area contributed by atoms with Crippen LogP contribution in [0.5, 0.6) is 5.75 Å². The van der Waals surface area contributed by atoms with E-state index >= 15 is 0 Å². The van der Waals surface area contributed by atoms with E-state index in [-0.39, 0.29) is 0 Å². The highest BCUT2D eigenvalue weighted by Gasteiger charge is 2.44. The van der Waals surface area contributed by atoms with Crippen LogP contribution in [0.2, 0.25) is 0 Å². The fraction of sp³-hybridized carbons (Fsp3) is 0.500. The van der Waals surface area contributed by atoms with E-state index in [0.29, 0.717) is 17.9 Å². The maximum atomic E-state index is 10.1. The Bertz CT molecular complexity index is 695. The summed E-state index contributed by atoms with van der Waals surface area (Å²) in [6.45, 7) is 1.95. The molecule has 0 saturated carbocycles. The van der Waals surface area contributed by atoms with Gasteiger partial charge in [0.15, 0.2) is 0 Å². The van der Waals surface area contributed by atoms with E-state index in [1.165, 1.54) is 4.09 Å². The third-order valence-corrected chi connectivity index (χ3v) is 4.32. The number of aliphatic hydroxyl groups is 3. The van der Waals surface area contributed by atoms with Gasteiger partial charge in [-0.05, 0) is 43.5 Å². The molecule has 1 aliphatic heterocycles. The van der Waals surface area contributed by atoms with Crippen LogP contribution in [0.15, 0.2) is 30.5 Å². The second kappa shape index (κ2) is 7.71. The van der Waals surface area contributed by atoms with Crippen LogP contribution < -0.4 is 4.74 Å². The Labute approximate surface area is 150 Å². The molecule has 1 fully saturated rings. The molecule has 1 aliphatic rings. The van der Waals surface area contributed by atoms with Crippen molar-refractivity contribution in [3.63, 3.8) is 0 Å². The first-order chi connectivity index (χ1) is 12.0. The fourth-order valence-electron chi connectivity index (χ4n) is 2.76. The minimum absolute atomic E-state index is 0.463. The van der Waals surface area contributed by atoms with Crippen molar-refractivity contribution >= 4 is 12.8 Å². The average Bonchev–Trinajstić information content (AvgIpc) is 3.04. The first-order valence-electron chi connectivity index (χ1n) is 8.08. The fourth-order valence-corrected chi connectivity index (χ4v) is 2.91. The van der Waals surface area contributed by atoms with Crippen LogP contribution in [0, 0.1) is 0 Å². The number of nitrogens with zero attached hydrogens (tertiary/aromatic N) is 3. The molecule has 5 atom stereocenters. The summed E-state index contributed by atoms with van der Waals surface area (Å²) < 4.78 is 12.6. The smallest absolute Gasteiger partial charge is 0.229 e. The highest BCUT2D eigenvalue weighted by Crippen LogP contribution is 2.27. The van der Waals surface area contributed by atoms with E-state index in [2.05, 4.69) is 23.1 Å². The molecule has 2 heterocycles. The van der Waals surface area contributed by atoms with Gasteiger partial charge >= 0.3 is 0 Å². The summed E-state index contributed by atoms with van der Waals surface area (Å²) in [5.41, 5.74) is 1.49. The molecule has 1 aromatic carbocycles. The lowest BCUT2D eigenvalue weighted by molar-refractivity contribution is -0.273. The lowest BCUT2D eigenvalue weighted by atomic mass is 9.96. The van der Waals surface area contributed by atoms with Gasteiger partial charge in [-0.2, -0.15) is 4.09 Å². The number of aromatic nitrogens is 3. The molecule has 1 saturated heterocycles. The molecule has 2 aromatic rings. The molecular formula is C16H21N3O5S. The SMILES string of the molecule is CCC[C@H]1O[C@H](Oc2ccc(-c3cn(S)nn3)cc2)[C@@H](O)[C@@H](O)[C@@H]1O. The van der Waals surface area contributed by atoms with Crippen molar-refractivity contribution < 1.29 is 24.8 Å². The molecule has 3 rings (SSSR count). The number of rotatable bonds is 5. The zero-order valence-corrected chi connectivity index (χ0v) is 14.5. The quantitative estimate of drug-likeness (QED) is 0.574. The minimum atomic E-state index is -1.34. The van der Waals surface area contributed by atoms with Gasteiger partial charge in [0.1, 0.15) is 29.8 Å². The van der Waals surface area contributed by atoms with Crippen molar-refractivity contribution in [1.29, 1.82) is 0 Å². The minimum Gasteiger partial charge on any atom is -0.462 e. The summed E-state index contributed by atoms with van der Waals surface area (Å²) >= 11 is 4.04. The second-order valence-electron chi connectivity index (χ2n) is 5.97. The Balaban J connectivity index is 1.70. The Morgan fingerprint density at radius 3 is 2.48 bits per heavy atom. The Kier molecular flexibility index (Phi) is 5.60. The van der Waals surface area contributed by atoms with Crippen LogP contribution in [-0.4, -0.2) is 60.4 Å². The van der Waals surface area contributed by atoms with Gasteiger partial charge in [0, 0.05) is 5.56 Å². The summed E-state index contributed by atoms with van der Waals surface area (Å²) in [7, 11) is 0. The van der Waals surface area contributed by atoms with E-state index in [1.807, 2.05) is 6.92 Å². The molecular weight excluding hydrogens is 346 g/mol. The highest BCUT2D eigenvalue weighted by molar-refractivity contribution is 7.78. The van der Waals surface area contributed by atoms with Gasteiger partial charge < -0.3 is 24.8 Å². The number of aliphatic hydroxyl groups excluding tert-OH is 3. The largest absolute Gasteiger partial charge is 0.462 e. The third kappa shape index (κ3) is 3.96. The van der Waals surface area contributed by atoms with Gasteiger partial charge in [0.25, 0.3) is 0 Å². The molecule has 25 heavy (non-hydrogen) atoms. The topological polar surface area (TPSA) is 110 Å². The van der Waals surface area contributed by atoms with Gasteiger partial charge in [0.05, 0.1) is 12.3 Å². The monoisotopic (exact) mass is 367 g/mol. The van der Waals surface area contributed by atoms with Crippen LogP contribution >= 0.6 is 12.8 Å². The second-order valence-corrected chi connectivity index (χ2v) is 6.38. The van der Waals surface area contributed by atoms with E-state index in [4.69, 9.17) is 9.47 Å². The van der Waals surface area contributed by atoms with Crippen LogP contribution in [0.25, 0.3) is 11.3 Å². The Morgan fingerprint density at radius 2 is 1.88 bits per heavy atom. The van der Waals surface area contributed by atoms with Crippen molar-refractivity contribution in [2.75, 3.05) is 0 Å². The molecule has 0 spiro atoms. The molecule has 1 aromatic heterocycles. The molecule has 0 amide bonds. The van der Waals surface area contributed by atoms with Gasteiger partial charge in [-0.3, -0.25) is 0 Å². The number of benzene rings is 1. The first-order valence-corrected chi connectivity index (χ1v) is 8.48. The van der Waals surface area contributed by atoms with Crippen LogP contribution in [-0.2, 0) is 4.74 Å². The van der Waals surface area contributed by atoms with E-state index in [0.717, 1.165) is 12.0 Å². The van der Waals surface area contributed by atoms with Crippen LogP contribution in [0.1, 0.15) is 19.8 Å². The highest BCUT2D eigenvalue weighted by atomic mass is 32.1. The predicted octanol–water partition coefficient (Wildman–Crippen LogP) is 0.624. The number of hydrogen-bond donors (Lipinski definition) is 4. The summed E-state index contributed by atoms with van der Waals surface area (Å²) in [6.07, 6.45) is -2.44. The zero-order chi connectivity index (χ0) is 18.0. The zero-order valence-electron chi connectivity index (χ0n) is 13.6. The average molecular weight is 367 g/mol. The van der Waals surface area contributed by atoms with Gasteiger partial charge in [0.2, 0.25) is 6.29 Å². The summed E-state index contributed by atoms with van der Waals surface area (Å²) in [5.74, 6) is 0.463. The van der Waals surface area contributed by atoms with Crippen molar-refractivity contribution in [2.45, 2.75) is 50.5 Å². The summed E-state index contributed by atoms with van der Waals surface area (Å²) in [4.78, 5) is 0. The molecule has 0 aliphatic carbocycles. The van der Waals surface area contributed by atoms with Gasteiger partial charge in [-0.15, -0.1) is 5.10 Å². The molecule has 3 N–H and O–H groups in total. The normalized spacial score (nSPS) is 29.6. The maximum absolute atomic E-state index is 10.1. The number of ether oxygens (including phenoxy) is 2. The molecule has 0 radical (unpaired) electrons. The third-order valence-electron chi connectivity index (χ3n) is 4.13. The van der Waals surface area contributed by atoms with Crippen molar-refractivity contribution in [1.82, 2.24) is 14.4 Å². The number of thiol groups is 1. The van der Waals surface area contributed by atoms with Crippen molar-refractivity contribution in [3.05, 3.63) is 30.5 Å². The summed E-state index contributed by atoms with van der Waals surface area (Å²) in [6, 6.07) is 6.98. The van der Waals surface area contributed by atoms with Crippen molar-refractivity contribution in [3.8, 4) is 17.0 Å². The molecule has 0 bridgehead atoms. The van der Waals surface area contributed by atoms with Gasteiger partial charge in [-0.25, -0.2) is 0 Å². The standard InChI is InChI=1S/C16H21N3O5S/c1-2-3-12-13(20)14(21)15(22)16(24-12)23-10-6-4-9(5-7-10)11-8-19(25)18-17-11/h4-8,12-16,20-22,25H,2-3H2,1H3/t12-,13-,14+,15+,16+/m1/s1. The van der Waals surface area contributed by atoms with E-state index in [9.17, 15) is 15.3 Å². The molecule has 136 valence electrons. The van der Waals surface area contributed by atoms with E-state index < -0.39 is 30.7 Å². The number of hydrogen-bond acceptors (Lipinski definition) is 8.